The lowest BCUT2D eigenvalue weighted by Crippen LogP contribution is -2.71. The van der Waals surface area contributed by atoms with Crippen LogP contribution in [0.1, 0.15) is 177 Å². The van der Waals surface area contributed by atoms with Gasteiger partial charge in [0.1, 0.15) is 72.1 Å². The quantitative estimate of drug-likeness (QED) is 0.119. The Hall–Kier alpha value is -7.26. The molecule has 3 N–H and O–H groups in total. The van der Waals surface area contributed by atoms with Gasteiger partial charge < -0.3 is 69.5 Å². The zero-order chi connectivity index (χ0) is 82.7. The number of rotatable bonds is 15. The number of hydrogen-bond donors (Lipinski definition) is 3. The number of hydrogen-bond acceptors (Lipinski definition) is 14. The minimum absolute atomic E-state index is 0.00151. The van der Waals surface area contributed by atoms with E-state index in [1.165, 1.54) is 64.0 Å². The van der Waals surface area contributed by atoms with Gasteiger partial charge >= 0.3 is 12.4 Å². The number of alkyl halides is 8. The van der Waals surface area contributed by atoms with E-state index in [4.69, 9.17) is 9.47 Å². The zero-order valence-electron chi connectivity index (χ0n) is 67.0. The van der Waals surface area contributed by atoms with Crippen molar-refractivity contribution in [3.63, 3.8) is 0 Å². The average Bonchev–Trinajstić information content (AvgIpc) is 1.40. The Labute approximate surface area is 647 Å². The molecule has 0 aromatic carbocycles. The molecule has 3 aliphatic heterocycles. The van der Waals surface area contributed by atoms with Crippen LogP contribution in [0.3, 0.4) is 0 Å². The van der Waals surface area contributed by atoms with Gasteiger partial charge in [-0.2, -0.15) is 26.3 Å². The molecule has 2 bridgehead atoms. The highest BCUT2D eigenvalue weighted by Crippen LogP contribution is 2.50. The molecule has 628 valence electrons. The summed E-state index contributed by atoms with van der Waals surface area (Å²) in [6.07, 6.45) is -14.1. The van der Waals surface area contributed by atoms with Gasteiger partial charge in [0.2, 0.25) is 70.9 Å². The molecule has 4 saturated carbocycles. The maximum absolute atomic E-state index is 15.8. The van der Waals surface area contributed by atoms with E-state index in [0.29, 0.717) is 32.1 Å². The molecule has 0 radical (unpaired) electrons. The van der Waals surface area contributed by atoms with Gasteiger partial charge in [-0.05, 0) is 146 Å². The fourth-order valence-corrected chi connectivity index (χ4v) is 17.8. The lowest BCUT2D eigenvalue weighted by Gasteiger charge is -2.54. The standard InChI is InChI=1S/C77H120F8N12O14/c1-15-45(5)63-71(107)91(10)41-61(100)92(11)54-26-20-19-23-33-96(70(54)106)57(36-46-27-30-49(31-28-46)76(80,81)82)69(105)90(9)40-59(98)86-53(32-29-47-34-51(78)62(52(79)35-47)77(83,84)85)67(103)97-39-50(111-18-4)37-55(97)66(102)88-75(43-74(6,7)44-75)73(109)95(14)64(48-24-21-22-25-48)72(108)94(13)56(68(104)89(8)16-2)38-60(99)93(12)58(42-110-17-3)65(101)87-63/h19-20,45-58,62-64H,15-18,21-44H2,1-14H3,(H,86,98)(H,87,101)(H,88,102)/b20-19-/t45-,46?,47?,49?,50+,51?,52?,53-,54-,55-,56-,57-,58-,62?,63-,64-/m0/s1. The molecule has 7 rings (SSSR count). The van der Waals surface area contributed by atoms with Crippen LogP contribution in [-0.2, 0) is 67.0 Å². The molecule has 6 fully saturated rings. The molecular formula is C77H120F8N12O14. The summed E-state index contributed by atoms with van der Waals surface area (Å²) < 4.78 is 127. The summed E-state index contributed by atoms with van der Waals surface area (Å²) in [5.74, 6) is -17.2. The SMILES string of the molecule is CCOC[C@H]1C(=O)N[C@@H]([C@@H](C)CC)C(=O)N(C)CC(=O)N(C)[C@H]2C/C=C\CCN(C2=O)[C@@H](CC2CCC(C(F)(F)F)CC2)C(=O)N(C)CC(=O)N[C@@H](CCC2CC(F)C(C(F)(F)F)C(F)C2)C(=O)N2C[C@H](OCC)C[C@H]2C(=O)NC2(CC(C)(C)C2)C(=O)N(C)[C@@H](C2CCCC2)C(=O)N(C)[C@H](C(=O)N(C)CC)CC(=O)N1C. The zero-order valence-corrected chi connectivity index (χ0v) is 67.0. The van der Waals surface area contributed by atoms with Gasteiger partial charge in [-0.1, -0.05) is 59.1 Å². The number of nitrogens with zero attached hydrogens (tertiary/aromatic N) is 9. The van der Waals surface area contributed by atoms with Gasteiger partial charge in [-0.15, -0.1) is 0 Å². The first-order valence-electron chi connectivity index (χ1n) is 39.5. The van der Waals surface area contributed by atoms with Crippen LogP contribution >= 0.6 is 0 Å². The fraction of sp³-hybridized carbons (Fsp3) is 0.818. The predicted octanol–water partition coefficient (Wildman–Crippen LogP) is 6.37. The van der Waals surface area contributed by atoms with Crippen LogP contribution in [0.4, 0.5) is 35.1 Å². The molecule has 3 heterocycles. The van der Waals surface area contributed by atoms with E-state index in [-0.39, 0.29) is 103 Å². The van der Waals surface area contributed by atoms with Crippen LogP contribution in [0.5, 0.6) is 0 Å². The van der Waals surface area contributed by atoms with E-state index < -0.39 is 242 Å². The second-order valence-electron chi connectivity index (χ2n) is 33.0. The topological polar surface area (TPSA) is 289 Å². The number of carbonyl (C=O) groups is 12. The van der Waals surface area contributed by atoms with Crippen molar-refractivity contribution >= 4 is 70.9 Å². The third kappa shape index (κ3) is 22.2. The van der Waals surface area contributed by atoms with E-state index in [9.17, 15) is 55.1 Å². The first-order valence-corrected chi connectivity index (χ1v) is 39.5. The smallest absolute Gasteiger partial charge is 0.379 e. The summed E-state index contributed by atoms with van der Waals surface area (Å²) in [5, 5.41) is 8.41. The van der Waals surface area contributed by atoms with Crippen molar-refractivity contribution < 1.29 is 102 Å². The minimum Gasteiger partial charge on any atom is -0.379 e. The van der Waals surface area contributed by atoms with Crippen molar-refractivity contribution in [1.82, 2.24) is 60.0 Å². The molecule has 0 aromatic heterocycles. The first-order chi connectivity index (χ1) is 52.0. The second-order valence-corrected chi connectivity index (χ2v) is 33.0. The Morgan fingerprint density at radius 3 is 1.84 bits per heavy atom. The molecule has 34 heteroatoms. The highest BCUT2D eigenvalue weighted by molar-refractivity contribution is 6.01. The molecule has 2 unspecified atom stereocenters. The van der Waals surface area contributed by atoms with E-state index in [2.05, 4.69) is 16.0 Å². The van der Waals surface area contributed by atoms with Crippen LogP contribution in [0.15, 0.2) is 12.2 Å². The minimum atomic E-state index is -5.22. The van der Waals surface area contributed by atoms with Gasteiger partial charge in [0.25, 0.3) is 0 Å². The summed E-state index contributed by atoms with van der Waals surface area (Å²) in [5.41, 5.74) is -2.39. The van der Waals surface area contributed by atoms with Crippen molar-refractivity contribution in [2.75, 3.05) is 102 Å². The van der Waals surface area contributed by atoms with Crippen molar-refractivity contribution in [3.8, 4) is 0 Å². The summed E-state index contributed by atoms with van der Waals surface area (Å²) in [7, 11) is 9.37. The van der Waals surface area contributed by atoms with Crippen LogP contribution in [-0.4, -0.2) is 302 Å². The number of ether oxygens (including phenoxy) is 2. The Morgan fingerprint density at radius 2 is 1.27 bits per heavy atom. The number of halogens is 8. The Balaban J connectivity index is 1.35. The number of fused-ring (bicyclic) bond motifs is 3. The molecule has 1 spiro atoms. The molecular weight excluding hydrogens is 1470 g/mol. The third-order valence-corrected chi connectivity index (χ3v) is 24.5. The van der Waals surface area contributed by atoms with Crippen LogP contribution < -0.4 is 16.0 Å². The average molecular weight is 1590 g/mol. The van der Waals surface area contributed by atoms with Crippen molar-refractivity contribution in [2.24, 2.45) is 40.9 Å². The van der Waals surface area contributed by atoms with Gasteiger partial charge in [0.05, 0.1) is 38.1 Å². The molecule has 2 saturated heterocycles. The summed E-state index contributed by atoms with van der Waals surface area (Å²) in [6, 6.07) is -11.8. The van der Waals surface area contributed by atoms with Crippen LogP contribution in [0, 0.1) is 40.9 Å². The molecule has 12 atom stereocenters. The van der Waals surface area contributed by atoms with Gasteiger partial charge in [-0.3, -0.25) is 57.5 Å². The largest absolute Gasteiger partial charge is 0.397 e. The van der Waals surface area contributed by atoms with Gasteiger partial charge in [-0.25, -0.2) is 8.78 Å². The van der Waals surface area contributed by atoms with Crippen LogP contribution in [0.2, 0.25) is 0 Å². The van der Waals surface area contributed by atoms with Gasteiger partial charge in [0, 0.05) is 88.6 Å². The Kier molecular flexibility index (Phi) is 31.7. The lowest BCUT2D eigenvalue weighted by molar-refractivity contribution is -0.219. The van der Waals surface area contributed by atoms with E-state index in [1.54, 1.807) is 46.8 Å². The second kappa shape index (κ2) is 38.7. The van der Waals surface area contributed by atoms with Crippen molar-refractivity contribution in [2.45, 2.75) is 262 Å². The first kappa shape index (κ1) is 90.9. The van der Waals surface area contributed by atoms with Crippen molar-refractivity contribution in [1.29, 1.82) is 0 Å². The predicted molar refractivity (Wildman–Crippen MR) is 392 cm³/mol. The van der Waals surface area contributed by atoms with Crippen molar-refractivity contribution in [3.05, 3.63) is 12.2 Å². The summed E-state index contributed by atoms with van der Waals surface area (Å²) in [6.45, 7) is 9.96. The Morgan fingerprint density at radius 1 is 0.649 bits per heavy atom. The normalized spacial score (nSPS) is 31.9. The highest BCUT2D eigenvalue weighted by atomic mass is 19.4. The molecule has 4 aliphatic carbocycles. The lowest BCUT2D eigenvalue weighted by atomic mass is 9.58. The molecule has 7 aliphatic rings. The maximum Gasteiger partial charge on any atom is 0.397 e. The van der Waals surface area contributed by atoms with E-state index in [1.807, 2.05) is 13.8 Å². The Bertz CT molecular complexity index is 3320. The van der Waals surface area contributed by atoms with Gasteiger partial charge in [0.15, 0.2) is 0 Å². The van der Waals surface area contributed by atoms with Crippen LogP contribution in [0.25, 0.3) is 0 Å². The monoisotopic (exact) mass is 1590 g/mol. The molecule has 26 nitrogen and oxygen atoms in total. The molecule has 111 heavy (non-hydrogen) atoms. The third-order valence-electron chi connectivity index (χ3n) is 24.5. The summed E-state index contributed by atoms with van der Waals surface area (Å²) in [4.78, 5) is 193. The molecule has 0 aromatic rings. The highest BCUT2D eigenvalue weighted by Gasteiger charge is 2.60. The number of nitrogens with one attached hydrogen (secondary N) is 3. The number of likely N-dealkylation sites (N-methyl/N-ethyl adjacent to an activating group) is 7. The van der Waals surface area contributed by atoms with E-state index >= 15 is 37.5 Å². The maximum atomic E-state index is 15.8. The fourth-order valence-electron chi connectivity index (χ4n) is 17.8. The van der Waals surface area contributed by atoms with E-state index in [0.717, 1.165) is 29.4 Å². The number of carbonyl (C=O) groups excluding carboxylic acids is 12. The molecule has 12 amide bonds. The summed E-state index contributed by atoms with van der Waals surface area (Å²) >= 11 is 0. The number of amides is 12.